The highest BCUT2D eigenvalue weighted by atomic mass is 32.2. The second kappa shape index (κ2) is 9.98. The summed E-state index contributed by atoms with van der Waals surface area (Å²) in [6.45, 7) is 5.77. The lowest BCUT2D eigenvalue weighted by Gasteiger charge is -2.25. The van der Waals surface area contributed by atoms with Crippen LogP contribution in [0.1, 0.15) is 42.3 Å². The molecule has 0 bridgehead atoms. The van der Waals surface area contributed by atoms with Gasteiger partial charge in [-0.15, -0.1) is 0 Å². The molecule has 11 nitrogen and oxygen atoms in total. The molecule has 2 rings (SSSR count). The number of cyclic esters (lactones) is 1. The summed E-state index contributed by atoms with van der Waals surface area (Å²) in [5, 5.41) is 25.0. The summed E-state index contributed by atoms with van der Waals surface area (Å²) in [7, 11) is 0. The summed E-state index contributed by atoms with van der Waals surface area (Å²) in [5.41, 5.74) is 4.84. The van der Waals surface area contributed by atoms with Gasteiger partial charge in [-0.2, -0.15) is 11.8 Å². The molecule has 1 heterocycles. The minimum atomic E-state index is -1.39. The minimum Gasteiger partial charge on any atom is -0.508 e. The monoisotopic (exact) mass is 469 g/mol. The van der Waals surface area contributed by atoms with Gasteiger partial charge in [-0.05, 0) is 27.7 Å². The number of hydrogen-bond donors (Lipinski definition) is 5. The minimum absolute atomic E-state index is 0.0358. The number of esters is 1. The molecule has 1 aromatic carbocycles. The number of ether oxygens (including phenoxy) is 2. The number of amides is 3. The lowest BCUT2D eigenvalue weighted by atomic mass is 10.0. The van der Waals surface area contributed by atoms with Crippen LogP contribution in [0.5, 0.6) is 11.5 Å². The topological polar surface area (TPSA) is 177 Å². The zero-order chi connectivity index (χ0) is 24.2. The average Bonchev–Trinajstić information content (AvgIpc) is 2.65. The van der Waals surface area contributed by atoms with E-state index in [4.69, 9.17) is 15.2 Å². The molecule has 0 saturated heterocycles. The van der Waals surface area contributed by atoms with Crippen molar-refractivity contribution in [3.05, 3.63) is 22.8 Å². The van der Waals surface area contributed by atoms with E-state index < -0.39 is 48.2 Å². The lowest BCUT2D eigenvalue weighted by Crippen LogP contribution is -2.56. The molecule has 32 heavy (non-hydrogen) atoms. The van der Waals surface area contributed by atoms with Crippen molar-refractivity contribution in [1.29, 1.82) is 0 Å². The van der Waals surface area contributed by atoms with Crippen molar-refractivity contribution in [1.82, 2.24) is 10.6 Å². The highest BCUT2D eigenvalue weighted by Crippen LogP contribution is 2.35. The van der Waals surface area contributed by atoms with E-state index in [9.17, 15) is 29.4 Å². The maximum Gasteiger partial charge on any atom is 0.408 e. The van der Waals surface area contributed by atoms with Gasteiger partial charge in [0.15, 0.2) is 0 Å². The fourth-order valence-corrected chi connectivity index (χ4v) is 3.94. The summed E-state index contributed by atoms with van der Waals surface area (Å²) < 4.78 is 10.4. The standard InChI is InChI=1S/C20H27N3O8S/c1-9-13(24)5-14(25)10-7-32-8-12(16(21)26)22-17(27)11(6-30-18(28)15(9)10)23-19(29)31-20(2,3)4/h5,11-12,24-25H,6-8H2,1-4H3,(H2,21,26)(H,22,27)(H,23,29)/t11-,12-/m0/s1. The van der Waals surface area contributed by atoms with Crippen molar-refractivity contribution in [3.8, 4) is 11.5 Å². The van der Waals surface area contributed by atoms with E-state index in [2.05, 4.69) is 10.6 Å². The molecule has 0 aliphatic carbocycles. The van der Waals surface area contributed by atoms with E-state index in [0.29, 0.717) is 0 Å². The van der Waals surface area contributed by atoms with Crippen molar-refractivity contribution in [2.24, 2.45) is 5.73 Å². The van der Waals surface area contributed by atoms with Crippen LogP contribution in [0.3, 0.4) is 0 Å². The van der Waals surface area contributed by atoms with Crippen LogP contribution in [-0.4, -0.2) is 64.1 Å². The molecule has 0 radical (unpaired) electrons. The number of nitrogens with one attached hydrogen (secondary N) is 2. The number of carbonyl (C=O) groups is 4. The number of phenols is 2. The Hall–Kier alpha value is -3.15. The number of hydrogen-bond acceptors (Lipinski definition) is 9. The zero-order valence-corrected chi connectivity index (χ0v) is 19.0. The Bertz CT molecular complexity index is 928. The quantitative estimate of drug-likeness (QED) is 0.389. The third kappa shape index (κ3) is 6.42. The van der Waals surface area contributed by atoms with Crippen LogP contribution < -0.4 is 16.4 Å². The summed E-state index contributed by atoms with van der Waals surface area (Å²) in [6, 6.07) is -1.38. The predicted octanol–water partition coefficient (Wildman–Crippen LogP) is 0.673. The molecule has 1 aliphatic rings. The molecule has 1 aliphatic heterocycles. The molecule has 0 fully saturated rings. The Kier molecular flexibility index (Phi) is 7.83. The molecular formula is C20H27N3O8S. The molecule has 0 unspecified atom stereocenters. The number of benzene rings is 1. The second-order valence-electron chi connectivity index (χ2n) is 8.17. The van der Waals surface area contributed by atoms with Gasteiger partial charge < -0.3 is 36.1 Å². The molecule has 6 N–H and O–H groups in total. The first kappa shape index (κ1) is 25.1. The molecule has 0 aromatic heterocycles. The maximum atomic E-state index is 12.8. The third-order valence-corrected chi connectivity index (χ3v) is 5.49. The highest BCUT2D eigenvalue weighted by molar-refractivity contribution is 7.98. The van der Waals surface area contributed by atoms with Gasteiger partial charge >= 0.3 is 12.1 Å². The van der Waals surface area contributed by atoms with Crippen molar-refractivity contribution >= 4 is 35.6 Å². The number of rotatable bonds is 2. The Morgan fingerprint density at radius 1 is 1.28 bits per heavy atom. The average molecular weight is 470 g/mol. The summed E-state index contributed by atoms with van der Waals surface area (Å²) in [4.78, 5) is 49.5. The van der Waals surface area contributed by atoms with Gasteiger partial charge in [0, 0.05) is 28.7 Å². The number of phenolic OH excluding ortho intramolecular Hbond substituents is 2. The Labute approximate surface area is 189 Å². The van der Waals surface area contributed by atoms with Crippen molar-refractivity contribution < 1.29 is 38.9 Å². The van der Waals surface area contributed by atoms with Gasteiger partial charge in [-0.25, -0.2) is 9.59 Å². The molecular weight excluding hydrogens is 442 g/mol. The fourth-order valence-electron chi connectivity index (χ4n) is 2.84. The molecule has 0 spiro atoms. The number of primary amides is 1. The first-order valence-electron chi connectivity index (χ1n) is 9.68. The van der Waals surface area contributed by atoms with Crippen molar-refractivity contribution in [2.45, 2.75) is 51.1 Å². The molecule has 12 heteroatoms. The maximum absolute atomic E-state index is 12.8. The number of nitrogens with two attached hydrogens (primary N) is 1. The number of alkyl carbamates (subject to hydrolysis) is 1. The molecule has 176 valence electrons. The van der Waals surface area contributed by atoms with E-state index in [0.717, 1.165) is 17.8 Å². The first-order valence-corrected chi connectivity index (χ1v) is 10.8. The van der Waals surface area contributed by atoms with Crippen LogP contribution in [0.25, 0.3) is 0 Å². The normalized spacial score (nSPS) is 20.0. The number of aromatic hydroxyl groups is 2. The van der Waals surface area contributed by atoms with Gasteiger partial charge in [0.25, 0.3) is 0 Å². The smallest absolute Gasteiger partial charge is 0.408 e. The largest absolute Gasteiger partial charge is 0.508 e. The summed E-state index contributed by atoms with van der Waals surface area (Å²) >= 11 is 1.13. The van der Waals surface area contributed by atoms with E-state index in [1.165, 1.54) is 6.92 Å². The Balaban J connectivity index is 2.40. The number of fused-ring (bicyclic) bond motifs is 1. The fraction of sp³-hybridized carbons (Fsp3) is 0.500. The number of thioether (sulfide) groups is 1. The summed E-state index contributed by atoms with van der Waals surface area (Å²) in [5.74, 6) is -3.03. The van der Waals surface area contributed by atoms with E-state index in [1.54, 1.807) is 20.8 Å². The van der Waals surface area contributed by atoms with Gasteiger partial charge in [-0.1, -0.05) is 0 Å². The van der Waals surface area contributed by atoms with Gasteiger partial charge in [0.1, 0.15) is 35.8 Å². The van der Waals surface area contributed by atoms with Crippen LogP contribution in [0.2, 0.25) is 0 Å². The van der Waals surface area contributed by atoms with Crippen molar-refractivity contribution in [2.75, 3.05) is 12.4 Å². The van der Waals surface area contributed by atoms with Crippen LogP contribution in [0.4, 0.5) is 4.79 Å². The third-order valence-electron chi connectivity index (χ3n) is 4.43. The van der Waals surface area contributed by atoms with Crippen molar-refractivity contribution in [3.63, 3.8) is 0 Å². The Morgan fingerprint density at radius 3 is 2.53 bits per heavy atom. The van der Waals surface area contributed by atoms with Crippen LogP contribution in [0, 0.1) is 6.92 Å². The van der Waals surface area contributed by atoms with Crippen LogP contribution >= 0.6 is 11.8 Å². The molecule has 0 saturated carbocycles. The lowest BCUT2D eigenvalue weighted by molar-refractivity contribution is -0.128. The van der Waals surface area contributed by atoms with Gasteiger partial charge in [-0.3, -0.25) is 9.59 Å². The molecule has 2 atom stereocenters. The molecule has 3 amide bonds. The number of carbonyl (C=O) groups excluding carboxylic acids is 4. The highest BCUT2D eigenvalue weighted by Gasteiger charge is 2.31. The summed E-state index contributed by atoms with van der Waals surface area (Å²) in [6.07, 6.45) is -0.933. The SMILES string of the molecule is Cc1c(O)cc(O)c2c1C(=O)OC[C@H](NC(=O)OC(C)(C)C)C(=O)N[C@H](C(N)=O)CSC2. The van der Waals surface area contributed by atoms with E-state index in [-0.39, 0.29) is 39.7 Å². The first-order chi connectivity index (χ1) is 14.8. The second-order valence-corrected chi connectivity index (χ2v) is 9.20. The van der Waals surface area contributed by atoms with Gasteiger partial charge in [0.2, 0.25) is 11.8 Å². The van der Waals surface area contributed by atoms with Gasteiger partial charge in [0.05, 0.1) is 5.56 Å². The Morgan fingerprint density at radius 2 is 1.94 bits per heavy atom. The zero-order valence-electron chi connectivity index (χ0n) is 18.2. The van der Waals surface area contributed by atoms with E-state index >= 15 is 0 Å². The molecule has 1 aromatic rings. The van der Waals surface area contributed by atoms with Crippen LogP contribution in [-0.2, 0) is 24.8 Å². The van der Waals surface area contributed by atoms with Crippen LogP contribution in [0.15, 0.2) is 6.07 Å². The predicted molar refractivity (Wildman–Crippen MR) is 115 cm³/mol. The van der Waals surface area contributed by atoms with E-state index in [1.807, 2.05) is 0 Å².